The molecule has 0 spiro atoms. The van der Waals surface area contributed by atoms with Crippen molar-refractivity contribution in [2.24, 2.45) is 5.73 Å². The van der Waals surface area contributed by atoms with Gasteiger partial charge >= 0.3 is 0 Å². The second kappa shape index (κ2) is 4.90. The monoisotopic (exact) mass is 249 g/mol. The lowest BCUT2D eigenvalue weighted by atomic mass is 9.63. The van der Waals surface area contributed by atoms with E-state index in [9.17, 15) is 5.11 Å². The molecule has 2 rings (SSSR count). The lowest BCUT2D eigenvalue weighted by molar-refractivity contribution is -0.0448. The van der Waals surface area contributed by atoms with Gasteiger partial charge in [0.2, 0.25) is 0 Å². The first-order chi connectivity index (χ1) is 8.57. The fourth-order valence-electron chi connectivity index (χ4n) is 3.18. The molecule has 0 aromatic heterocycles. The van der Waals surface area contributed by atoms with Crippen LogP contribution in [0.5, 0.6) is 5.75 Å². The zero-order chi connectivity index (χ0) is 13.2. The van der Waals surface area contributed by atoms with E-state index >= 15 is 0 Å². The van der Waals surface area contributed by atoms with Crippen molar-refractivity contribution in [1.82, 2.24) is 0 Å². The number of benzene rings is 1. The van der Waals surface area contributed by atoms with Crippen LogP contribution in [0.25, 0.3) is 0 Å². The number of hydrogen-bond donors (Lipinski definition) is 2. The predicted octanol–water partition coefficient (Wildman–Crippen LogP) is 2.22. The van der Waals surface area contributed by atoms with Crippen molar-refractivity contribution >= 4 is 0 Å². The van der Waals surface area contributed by atoms with Crippen molar-refractivity contribution in [2.75, 3.05) is 13.2 Å². The third-order valence-corrected chi connectivity index (χ3v) is 4.31. The van der Waals surface area contributed by atoms with Crippen molar-refractivity contribution in [1.29, 1.82) is 0 Å². The number of para-hydroxylation sites is 1. The Morgan fingerprint density at radius 1 is 1.44 bits per heavy atom. The van der Waals surface area contributed by atoms with Gasteiger partial charge in [-0.25, -0.2) is 0 Å². The molecule has 1 aromatic carbocycles. The normalized spacial score (nSPS) is 26.0. The maximum Gasteiger partial charge on any atom is 0.123 e. The van der Waals surface area contributed by atoms with Gasteiger partial charge in [-0.15, -0.1) is 0 Å². The predicted molar refractivity (Wildman–Crippen MR) is 72.8 cm³/mol. The van der Waals surface area contributed by atoms with Crippen molar-refractivity contribution < 1.29 is 9.84 Å². The van der Waals surface area contributed by atoms with E-state index in [2.05, 4.69) is 6.92 Å². The highest BCUT2D eigenvalue weighted by Crippen LogP contribution is 2.46. The Labute approximate surface area is 109 Å². The Balaban J connectivity index is 2.52. The Bertz CT molecular complexity index is 417. The number of fused-ring (bicyclic) bond motifs is 1. The van der Waals surface area contributed by atoms with Gasteiger partial charge < -0.3 is 15.6 Å². The summed E-state index contributed by atoms with van der Waals surface area (Å²) in [5.41, 5.74) is 5.92. The quantitative estimate of drug-likeness (QED) is 0.860. The number of aliphatic hydroxyl groups is 1. The number of hydrogen-bond acceptors (Lipinski definition) is 3. The van der Waals surface area contributed by atoms with Crippen LogP contribution in [0.3, 0.4) is 0 Å². The van der Waals surface area contributed by atoms with E-state index in [0.717, 1.165) is 30.6 Å². The minimum Gasteiger partial charge on any atom is -0.493 e. The summed E-state index contributed by atoms with van der Waals surface area (Å²) < 4.78 is 5.69. The number of rotatable bonds is 4. The summed E-state index contributed by atoms with van der Waals surface area (Å²) in [4.78, 5) is 0. The first kappa shape index (κ1) is 13.4. The van der Waals surface area contributed by atoms with Gasteiger partial charge in [0, 0.05) is 17.5 Å². The molecule has 0 saturated heterocycles. The lowest BCUT2D eigenvalue weighted by Crippen LogP contribution is -2.56. The molecule has 1 aliphatic heterocycles. The van der Waals surface area contributed by atoms with Crippen LogP contribution in [-0.2, 0) is 5.41 Å². The summed E-state index contributed by atoms with van der Waals surface area (Å²) in [5, 5.41) is 10.9. The zero-order valence-electron chi connectivity index (χ0n) is 11.3. The molecule has 3 nitrogen and oxygen atoms in total. The molecule has 2 atom stereocenters. The second-order valence-electron chi connectivity index (χ2n) is 5.40. The molecular weight excluding hydrogens is 226 g/mol. The Hall–Kier alpha value is -1.06. The molecule has 1 heterocycles. The van der Waals surface area contributed by atoms with Crippen LogP contribution in [-0.4, -0.2) is 23.9 Å². The van der Waals surface area contributed by atoms with E-state index in [0.29, 0.717) is 13.2 Å². The van der Waals surface area contributed by atoms with Crippen LogP contribution in [0.2, 0.25) is 0 Å². The third kappa shape index (κ3) is 1.91. The third-order valence-electron chi connectivity index (χ3n) is 4.31. The first-order valence-electron chi connectivity index (χ1n) is 6.72. The van der Waals surface area contributed by atoms with Crippen molar-refractivity contribution in [3.63, 3.8) is 0 Å². The fraction of sp³-hybridized carbons (Fsp3) is 0.600. The summed E-state index contributed by atoms with van der Waals surface area (Å²) in [5.74, 6) is 0.866. The maximum absolute atomic E-state index is 10.9. The topological polar surface area (TPSA) is 55.5 Å². The highest BCUT2D eigenvalue weighted by molar-refractivity contribution is 5.44. The highest BCUT2D eigenvalue weighted by Gasteiger charge is 2.49. The largest absolute Gasteiger partial charge is 0.493 e. The van der Waals surface area contributed by atoms with Crippen LogP contribution in [0.1, 0.15) is 38.7 Å². The minimum atomic E-state index is -0.795. The van der Waals surface area contributed by atoms with Crippen LogP contribution in [0.4, 0.5) is 0 Å². The van der Waals surface area contributed by atoms with E-state index in [1.165, 1.54) is 0 Å². The average molecular weight is 249 g/mol. The van der Waals surface area contributed by atoms with Crippen molar-refractivity contribution in [3.8, 4) is 5.75 Å². The molecule has 0 amide bonds. The Kier molecular flexibility index (Phi) is 3.64. The number of ether oxygens (including phenoxy) is 1. The molecule has 0 saturated carbocycles. The molecule has 1 aromatic rings. The Morgan fingerprint density at radius 2 is 2.17 bits per heavy atom. The second-order valence-corrected chi connectivity index (χ2v) is 5.40. The van der Waals surface area contributed by atoms with Crippen molar-refractivity contribution in [2.45, 2.75) is 44.1 Å². The Morgan fingerprint density at radius 3 is 2.83 bits per heavy atom. The van der Waals surface area contributed by atoms with Crippen LogP contribution in [0, 0.1) is 0 Å². The van der Waals surface area contributed by atoms with E-state index in [4.69, 9.17) is 10.5 Å². The molecular formula is C15H23NO2. The molecule has 18 heavy (non-hydrogen) atoms. The van der Waals surface area contributed by atoms with Gasteiger partial charge in [-0.3, -0.25) is 0 Å². The molecule has 3 N–H and O–H groups in total. The van der Waals surface area contributed by atoms with Crippen LogP contribution < -0.4 is 10.5 Å². The van der Waals surface area contributed by atoms with E-state index in [-0.39, 0.29) is 0 Å². The summed E-state index contributed by atoms with van der Waals surface area (Å²) in [6.07, 6.45) is 2.46. The van der Waals surface area contributed by atoms with Gasteiger partial charge in [-0.1, -0.05) is 31.5 Å². The molecule has 100 valence electrons. The molecule has 0 fully saturated rings. The van der Waals surface area contributed by atoms with Gasteiger partial charge in [-0.05, 0) is 25.8 Å². The van der Waals surface area contributed by atoms with Gasteiger partial charge in [0.25, 0.3) is 0 Å². The van der Waals surface area contributed by atoms with E-state index in [1.54, 1.807) is 0 Å². The maximum atomic E-state index is 10.9. The minimum absolute atomic E-state index is 0.391. The standard InChI is InChI=1S/C15H23NO2/c1-3-8-14(2,17)15(11-16)9-10-18-13-7-5-4-6-12(13)15/h4-7,17H,3,8-11,16H2,1-2H3. The summed E-state index contributed by atoms with van der Waals surface area (Å²) in [6, 6.07) is 7.94. The molecule has 0 radical (unpaired) electrons. The first-order valence-corrected chi connectivity index (χ1v) is 6.72. The van der Waals surface area contributed by atoms with Gasteiger partial charge in [-0.2, -0.15) is 0 Å². The summed E-state index contributed by atoms with van der Waals surface area (Å²) in [7, 11) is 0. The van der Waals surface area contributed by atoms with Gasteiger partial charge in [0.05, 0.1) is 12.2 Å². The zero-order valence-corrected chi connectivity index (χ0v) is 11.3. The van der Waals surface area contributed by atoms with Crippen molar-refractivity contribution in [3.05, 3.63) is 29.8 Å². The van der Waals surface area contributed by atoms with Gasteiger partial charge in [0.1, 0.15) is 5.75 Å². The highest BCUT2D eigenvalue weighted by atomic mass is 16.5. The molecule has 3 heteroatoms. The lowest BCUT2D eigenvalue weighted by Gasteiger charge is -2.48. The smallest absolute Gasteiger partial charge is 0.123 e. The molecule has 2 unspecified atom stereocenters. The molecule has 1 aliphatic rings. The molecule has 0 bridgehead atoms. The van der Waals surface area contributed by atoms with Crippen LogP contribution >= 0.6 is 0 Å². The van der Waals surface area contributed by atoms with E-state index in [1.807, 2.05) is 31.2 Å². The van der Waals surface area contributed by atoms with Gasteiger partial charge in [0.15, 0.2) is 0 Å². The molecule has 0 aliphatic carbocycles. The average Bonchev–Trinajstić information content (AvgIpc) is 2.37. The van der Waals surface area contributed by atoms with E-state index < -0.39 is 11.0 Å². The summed E-state index contributed by atoms with van der Waals surface area (Å²) >= 11 is 0. The summed E-state index contributed by atoms with van der Waals surface area (Å²) in [6.45, 7) is 5.06. The number of nitrogens with two attached hydrogens (primary N) is 1. The van der Waals surface area contributed by atoms with Crippen LogP contribution in [0.15, 0.2) is 24.3 Å². The SMILES string of the molecule is CCCC(C)(O)C1(CN)CCOc2ccccc21. The fourth-order valence-corrected chi connectivity index (χ4v) is 3.18.